The first-order valence-electron chi connectivity index (χ1n) is 24.8. The van der Waals surface area contributed by atoms with Gasteiger partial charge in [0.25, 0.3) is 0 Å². The maximum atomic E-state index is 12.7. The Morgan fingerprint density at radius 2 is 0.735 bits per heavy atom. The van der Waals surface area contributed by atoms with Crippen LogP contribution in [0.25, 0.3) is 0 Å². The molecule has 3 aliphatic rings. The van der Waals surface area contributed by atoms with Gasteiger partial charge in [0, 0.05) is 32.2 Å². The van der Waals surface area contributed by atoms with E-state index in [0.29, 0.717) is 56.9 Å². The fourth-order valence-corrected chi connectivity index (χ4v) is 9.79. The minimum Gasteiger partial charge on any atom is -0.507 e. The van der Waals surface area contributed by atoms with E-state index in [2.05, 4.69) is 192 Å². The van der Waals surface area contributed by atoms with Crippen LogP contribution < -0.4 is 14.8 Å². The lowest BCUT2D eigenvalue weighted by molar-refractivity contribution is 0.00790. The number of nitrogens with one attached hydrogen (secondary N) is 1. The molecule has 6 aromatic rings. The summed E-state index contributed by atoms with van der Waals surface area (Å²) in [7, 11) is 0. The third-order valence-electron chi connectivity index (χ3n) is 13.9. The maximum absolute atomic E-state index is 12.7. The predicted molar refractivity (Wildman–Crippen MR) is 278 cm³/mol. The zero-order chi connectivity index (χ0) is 48.8. The quantitative estimate of drug-likeness (QED) is 0.150. The van der Waals surface area contributed by atoms with Gasteiger partial charge in [0.1, 0.15) is 42.3 Å². The fraction of sp³-hybridized carbons (Fsp3) is 0.419. The molecule has 6 aromatic carbocycles. The normalized spacial score (nSPS) is 17.5. The van der Waals surface area contributed by atoms with Crippen molar-refractivity contribution in [2.24, 2.45) is 0 Å². The zero-order valence-electron chi connectivity index (χ0n) is 42.8. The van der Waals surface area contributed by atoms with Gasteiger partial charge in [-0.1, -0.05) is 192 Å². The van der Waals surface area contributed by atoms with E-state index >= 15 is 0 Å². The molecule has 0 saturated heterocycles. The Morgan fingerprint density at radius 1 is 0.412 bits per heavy atom. The van der Waals surface area contributed by atoms with Crippen LogP contribution in [0.3, 0.4) is 0 Å². The van der Waals surface area contributed by atoms with Gasteiger partial charge in [0.2, 0.25) is 0 Å². The summed E-state index contributed by atoms with van der Waals surface area (Å²) >= 11 is 0. The van der Waals surface area contributed by atoms with Crippen molar-refractivity contribution in [3.05, 3.63) is 187 Å². The lowest BCUT2D eigenvalue weighted by Crippen LogP contribution is -2.32. The fourth-order valence-electron chi connectivity index (χ4n) is 9.79. The zero-order valence-corrected chi connectivity index (χ0v) is 42.8. The first-order valence-corrected chi connectivity index (χ1v) is 24.8. The number of hydrogen-bond acceptors (Lipinski definition) is 6. The molecule has 6 nitrogen and oxygen atoms in total. The summed E-state index contributed by atoms with van der Waals surface area (Å²) in [5, 5.41) is 29.2. The van der Waals surface area contributed by atoms with Crippen molar-refractivity contribution < 1.29 is 24.4 Å². The molecular weight excluding hydrogens is 839 g/mol. The first kappa shape index (κ1) is 48.9. The Kier molecular flexibility index (Phi) is 13.7. The molecule has 1 unspecified atom stereocenters. The molecule has 0 spiro atoms. The molecule has 9 rings (SSSR count). The van der Waals surface area contributed by atoms with Crippen molar-refractivity contribution in [3.63, 3.8) is 0 Å². The number of aromatic hydroxyl groups is 2. The van der Waals surface area contributed by atoms with Crippen LogP contribution in [0.2, 0.25) is 0 Å². The highest BCUT2D eigenvalue weighted by atomic mass is 16.5. The molecule has 1 aliphatic carbocycles. The molecule has 2 aliphatic heterocycles. The molecular formula is C62H75NO5. The Balaban J connectivity index is 1.44. The van der Waals surface area contributed by atoms with Gasteiger partial charge < -0.3 is 29.7 Å². The van der Waals surface area contributed by atoms with Gasteiger partial charge in [-0.25, -0.2) is 0 Å². The van der Waals surface area contributed by atoms with Crippen LogP contribution in [0.4, 0.5) is 0 Å². The molecule has 0 amide bonds. The Morgan fingerprint density at radius 3 is 1.09 bits per heavy atom. The molecule has 2 atom stereocenters. The minimum absolute atomic E-state index is 0.193. The number of phenols is 2. The van der Waals surface area contributed by atoms with Crippen molar-refractivity contribution in [3.8, 4) is 23.0 Å². The highest BCUT2D eigenvalue weighted by molar-refractivity contribution is 5.59. The second-order valence-electron chi connectivity index (χ2n) is 23.5. The predicted octanol–water partition coefficient (Wildman–Crippen LogP) is 13.8. The van der Waals surface area contributed by atoms with E-state index in [9.17, 15) is 10.2 Å². The highest BCUT2D eigenvalue weighted by Crippen LogP contribution is 2.44. The van der Waals surface area contributed by atoms with Crippen molar-refractivity contribution in [2.75, 3.05) is 26.4 Å². The second-order valence-corrected chi connectivity index (χ2v) is 23.5. The summed E-state index contributed by atoms with van der Waals surface area (Å²) in [6.07, 6.45) is 1.45. The first-order chi connectivity index (χ1) is 32.0. The minimum atomic E-state index is -0.339. The molecule has 0 saturated carbocycles. The molecule has 0 fully saturated rings. The summed E-state index contributed by atoms with van der Waals surface area (Å²) < 4.78 is 21.3. The van der Waals surface area contributed by atoms with E-state index in [1.807, 2.05) is 6.07 Å². The summed E-state index contributed by atoms with van der Waals surface area (Å²) in [5.41, 5.74) is 13.4. The summed E-state index contributed by atoms with van der Waals surface area (Å²) in [5.74, 6) is 2.14. The van der Waals surface area contributed by atoms with Crippen molar-refractivity contribution in [1.82, 2.24) is 5.32 Å². The molecule has 3 N–H and O–H groups in total. The molecule has 2 heterocycles. The standard InChI is InChI=1S/C62H75NO5/c1-59(2,3)49-31-41-27-45-35-51(61(7,8)9)36-46-28-42-32-50(60(4,5)6)34-44(55(42)65)30-48-38-52(62(10,11)12)37-47(29-43(33-49)54(41)64)57(48)67-25-26-68-58(40-21-17-14-18-22-40)53(39-19-15-13-16-20-39)63-23-24-66-56(45)46/h13-22,31-38,53,58,63-65H,23-30H2,1-12H3/t53?,58-/m1/s1. The van der Waals surface area contributed by atoms with Gasteiger partial charge in [-0.05, 0) is 99.5 Å². The average molecular weight is 914 g/mol. The van der Waals surface area contributed by atoms with Crippen molar-refractivity contribution >= 4 is 0 Å². The topological polar surface area (TPSA) is 80.2 Å². The van der Waals surface area contributed by atoms with Crippen LogP contribution in [0.1, 0.15) is 173 Å². The number of ether oxygens (including phenoxy) is 3. The molecule has 0 radical (unpaired) electrons. The van der Waals surface area contributed by atoms with Crippen LogP contribution >= 0.6 is 0 Å². The molecule has 358 valence electrons. The number of phenolic OH excluding ortho intramolecular Hbond substituents is 2. The number of benzene rings is 6. The van der Waals surface area contributed by atoms with Gasteiger partial charge in [-0.3, -0.25) is 0 Å². The van der Waals surface area contributed by atoms with Crippen LogP contribution in [-0.2, 0) is 52.1 Å². The molecule has 6 heteroatoms. The van der Waals surface area contributed by atoms with Crippen molar-refractivity contribution in [2.45, 2.75) is 143 Å². The van der Waals surface area contributed by atoms with E-state index in [0.717, 1.165) is 83.8 Å². The lowest BCUT2D eigenvalue weighted by Gasteiger charge is -2.30. The van der Waals surface area contributed by atoms with E-state index in [1.165, 1.54) is 5.56 Å². The Labute approximate surface area is 407 Å². The Hall–Kier alpha value is -5.56. The summed E-state index contributed by atoms with van der Waals surface area (Å²) in [6.45, 7) is 28.4. The lowest BCUT2D eigenvalue weighted by atomic mass is 9.79. The van der Waals surface area contributed by atoms with Gasteiger partial charge in [0.15, 0.2) is 0 Å². The third kappa shape index (κ3) is 10.8. The van der Waals surface area contributed by atoms with Crippen LogP contribution in [0.15, 0.2) is 109 Å². The van der Waals surface area contributed by atoms with E-state index < -0.39 is 0 Å². The van der Waals surface area contributed by atoms with Gasteiger partial charge in [-0.2, -0.15) is 0 Å². The SMILES string of the molecule is CC(C)(C)c1cc2c(O)c(c1)Cc1cc(C(C)(C)C)cc3c1OCCO[C@H](c1ccccc1)C(c1ccccc1)NCCOc1c(cc(C(C)(C)C)cc1Cc1cc(C(C)(C)C)cc(c1O)C3)C2. The smallest absolute Gasteiger partial charge is 0.126 e. The average Bonchev–Trinajstić information content (AvgIpc) is 3.26. The largest absolute Gasteiger partial charge is 0.507 e. The van der Waals surface area contributed by atoms with Crippen molar-refractivity contribution in [1.29, 1.82) is 0 Å². The summed E-state index contributed by atoms with van der Waals surface area (Å²) in [4.78, 5) is 0. The van der Waals surface area contributed by atoms with Gasteiger partial charge in [-0.15, -0.1) is 0 Å². The molecule has 68 heavy (non-hydrogen) atoms. The van der Waals surface area contributed by atoms with Crippen LogP contribution in [-0.4, -0.2) is 36.6 Å². The number of rotatable bonds is 2. The van der Waals surface area contributed by atoms with Gasteiger partial charge >= 0.3 is 0 Å². The van der Waals surface area contributed by atoms with Gasteiger partial charge in [0.05, 0.1) is 12.6 Å². The number of fused-ring (bicyclic) bond motifs is 9. The molecule has 0 aromatic heterocycles. The van der Waals surface area contributed by atoms with E-state index in [-0.39, 0.29) is 40.4 Å². The Bertz CT molecular complexity index is 2460. The number of hydrogen-bond donors (Lipinski definition) is 3. The third-order valence-corrected chi connectivity index (χ3v) is 13.9. The van der Waals surface area contributed by atoms with E-state index in [4.69, 9.17) is 14.2 Å². The summed E-state index contributed by atoms with van der Waals surface area (Å²) in [6, 6.07) is 38.7. The van der Waals surface area contributed by atoms with Crippen LogP contribution in [0, 0.1) is 0 Å². The second kappa shape index (κ2) is 19.1. The van der Waals surface area contributed by atoms with E-state index in [1.54, 1.807) is 0 Å². The maximum Gasteiger partial charge on any atom is 0.126 e. The molecule has 10 bridgehead atoms. The highest BCUT2D eigenvalue weighted by Gasteiger charge is 2.30. The monoisotopic (exact) mass is 914 g/mol. The van der Waals surface area contributed by atoms with Crippen LogP contribution in [0.5, 0.6) is 23.0 Å².